The summed E-state index contributed by atoms with van der Waals surface area (Å²) in [6, 6.07) is 19.5. The van der Waals surface area contributed by atoms with Gasteiger partial charge in [0.25, 0.3) is 0 Å². The van der Waals surface area contributed by atoms with Gasteiger partial charge in [-0.25, -0.2) is 0 Å². The fourth-order valence-electron chi connectivity index (χ4n) is 3.84. The van der Waals surface area contributed by atoms with Crippen molar-refractivity contribution in [2.45, 2.75) is 18.7 Å². The molecule has 0 fully saturated rings. The van der Waals surface area contributed by atoms with E-state index >= 15 is 0 Å². The van der Waals surface area contributed by atoms with E-state index < -0.39 is 0 Å². The lowest BCUT2D eigenvalue weighted by molar-refractivity contribution is -0.111. The molecule has 0 radical (unpaired) electrons. The monoisotopic (exact) mass is 473 g/mol. The maximum absolute atomic E-state index is 12.8. The molecular formula is C28H27NO4S. The summed E-state index contributed by atoms with van der Waals surface area (Å²) in [5.74, 6) is 1.26. The first kappa shape index (κ1) is 23.5. The molecule has 0 aliphatic carbocycles. The lowest BCUT2D eigenvalue weighted by Gasteiger charge is -2.12. The van der Waals surface area contributed by atoms with E-state index in [0.29, 0.717) is 12.4 Å². The predicted octanol–water partition coefficient (Wildman–Crippen LogP) is 7.27. The van der Waals surface area contributed by atoms with Gasteiger partial charge in [0.05, 0.1) is 25.7 Å². The Labute approximate surface area is 203 Å². The molecule has 0 unspecified atom stereocenters. The number of rotatable bonds is 8. The van der Waals surface area contributed by atoms with Gasteiger partial charge in [-0.1, -0.05) is 24.3 Å². The maximum atomic E-state index is 12.8. The molecule has 1 amide bonds. The second-order valence-corrected chi connectivity index (χ2v) is 8.52. The number of nitrogens with one attached hydrogen (secondary N) is 1. The molecule has 1 aromatic heterocycles. The number of carbonyl (C=O) groups excluding carboxylic acids is 1. The first-order chi connectivity index (χ1) is 16.5. The van der Waals surface area contributed by atoms with Crippen molar-refractivity contribution >= 4 is 39.9 Å². The topological polar surface area (TPSA) is 60.7 Å². The van der Waals surface area contributed by atoms with Crippen LogP contribution in [0, 0.1) is 0 Å². The van der Waals surface area contributed by atoms with Crippen molar-refractivity contribution in [3.8, 4) is 22.6 Å². The number of furan rings is 1. The van der Waals surface area contributed by atoms with Crippen LogP contribution >= 0.6 is 11.8 Å². The lowest BCUT2D eigenvalue weighted by atomic mass is 9.99. The van der Waals surface area contributed by atoms with Gasteiger partial charge in [0.2, 0.25) is 5.91 Å². The van der Waals surface area contributed by atoms with Gasteiger partial charge < -0.3 is 19.2 Å². The van der Waals surface area contributed by atoms with Crippen LogP contribution in [0.4, 0.5) is 5.69 Å². The van der Waals surface area contributed by atoms with E-state index in [1.165, 1.54) is 0 Å². The average Bonchev–Trinajstić information content (AvgIpc) is 3.27. The van der Waals surface area contributed by atoms with Crippen molar-refractivity contribution in [3.63, 3.8) is 0 Å². The van der Waals surface area contributed by atoms with Crippen LogP contribution in [0.1, 0.15) is 19.4 Å². The van der Waals surface area contributed by atoms with Crippen molar-refractivity contribution in [3.05, 3.63) is 78.6 Å². The summed E-state index contributed by atoms with van der Waals surface area (Å²) in [6.45, 7) is 4.35. The third-order valence-corrected chi connectivity index (χ3v) is 6.29. The molecule has 4 rings (SSSR count). The molecule has 1 heterocycles. The number of hydrogen-bond acceptors (Lipinski definition) is 5. The van der Waals surface area contributed by atoms with Crippen LogP contribution in [-0.2, 0) is 4.79 Å². The Balaban J connectivity index is 1.73. The Bertz CT molecular complexity index is 1360. The van der Waals surface area contributed by atoms with Gasteiger partial charge in [-0.05, 0) is 61.6 Å². The Morgan fingerprint density at radius 1 is 1.12 bits per heavy atom. The van der Waals surface area contributed by atoms with Gasteiger partial charge in [-0.2, -0.15) is 0 Å². The number of carbonyl (C=O) groups is 1. The summed E-state index contributed by atoms with van der Waals surface area (Å²) in [5.41, 5.74) is 5.08. The minimum atomic E-state index is -0.193. The van der Waals surface area contributed by atoms with Crippen molar-refractivity contribution in [1.29, 1.82) is 0 Å². The van der Waals surface area contributed by atoms with E-state index in [9.17, 15) is 4.79 Å². The van der Waals surface area contributed by atoms with Gasteiger partial charge in [0.1, 0.15) is 17.1 Å². The standard InChI is InChI=1S/C28H27NO4S/c1-5-32-25-16-26-22(23(17-33-26)19-9-8-10-20(14-19)31-3)15-21(25)18(2)13-28(30)29-24-11-6-7-12-27(24)34-4/h6-17H,5H2,1-4H3,(H,29,30)/b18-13+. The summed E-state index contributed by atoms with van der Waals surface area (Å²) in [4.78, 5) is 13.8. The second kappa shape index (κ2) is 10.5. The molecule has 0 atom stereocenters. The minimum absolute atomic E-state index is 0.193. The molecular weight excluding hydrogens is 446 g/mol. The first-order valence-corrected chi connectivity index (χ1v) is 12.2. The first-order valence-electron chi connectivity index (χ1n) is 11.0. The number of fused-ring (bicyclic) bond motifs is 1. The number of amides is 1. The quantitative estimate of drug-likeness (QED) is 0.215. The van der Waals surface area contributed by atoms with E-state index in [2.05, 4.69) is 5.32 Å². The third-order valence-electron chi connectivity index (χ3n) is 5.49. The number of methoxy groups -OCH3 is 1. The summed E-state index contributed by atoms with van der Waals surface area (Å²) in [6.07, 6.45) is 5.33. The van der Waals surface area contributed by atoms with Crippen LogP contribution < -0.4 is 14.8 Å². The zero-order valence-corrected chi connectivity index (χ0v) is 20.5. The summed E-state index contributed by atoms with van der Waals surface area (Å²) in [7, 11) is 1.65. The number of benzene rings is 3. The molecule has 0 spiro atoms. The van der Waals surface area contributed by atoms with Crippen LogP contribution in [0.2, 0.25) is 0 Å². The largest absolute Gasteiger partial charge is 0.497 e. The molecule has 5 nitrogen and oxygen atoms in total. The highest BCUT2D eigenvalue weighted by Crippen LogP contribution is 2.38. The highest BCUT2D eigenvalue weighted by atomic mass is 32.2. The molecule has 0 saturated carbocycles. The number of thioether (sulfide) groups is 1. The molecule has 4 aromatic rings. The molecule has 174 valence electrons. The fraction of sp³-hybridized carbons (Fsp3) is 0.179. The van der Waals surface area contributed by atoms with E-state index in [1.807, 2.05) is 80.8 Å². The summed E-state index contributed by atoms with van der Waals surface area (Å²) < 4.78 is 17.1. The normalized spacial score (nSPS) is 11.5. The third kappa shape index (κ3) is 4.97. The molecule has 34 heavy (non-hydrogen) atoms. The van der Waals surface area contributed by atoms with Crippen molar-refractivity contribution in [2.75, 3.05) is 25.3 Å². The molecule has 3 aromatic carbocycles. The van der Waals surface area contributed by atoms with Crippen LogP contribution in [-0.4, -0.2) is 25.9 Å². The zero-order valence-electron chi connectivity index (χ0n) is 19.7. The van der Waals surface area contributed by atoms with Gasteiger partial charge in [0.15, 0.2) is 0 Å². The van der Waals surface area contributed by atoms with E-state index in [-0.39, 0.29) is 5.91 Å². The van der Waals surface area contributed by atoms with Gasteiger partial charge in [0, 0.05) is 33.6 Å². The number of para-hydroxylation sites is 1. The van der Waals surface area contributed by atoms with Crippen LogP contribution in [0.3, 0.4) is 0 Å². The Kier molecular flexibility index (Phi) is 7.28. The average molecular weight is 474 g/mol. The number of allylic oxidation sites excluding steroid dienone is 1. The zero-order chi connectivity index (χ0) is 24.1. The van der Waals surface area contributed by atoms with E-state index in [1.54, 1.807) is 31.2 Å². The highest BCUT2D eigenvalue weighted by molar-refractivity contribution is 7.98. The SMILES string of the molecule is CCOc1cc2occ(-c3cccc(OC)c3)c2cc1/C(C)=C/C(=O)Nc1ccccc1SC. The van der Waals surface area contributed by atoms with Crippen LogP contribution in [0.25, 0.3) is 27.7 Å². The van der Waals surface area contributed by atoms with Crippen LogP contribution in [0.15, 0.2) is 82.3 Å². The Morgan fingerprint density at radius 2 is 1.94 bits per heavy atom. The van der Waals surface area contributed by atoms with Gasteiger partial charge >= 0.3 is 0 Å². The minimum Gasteiger partial charge on any atom is -0.497 e. The molecule has 0 bridgehead atoms. The van der Waals surface area contributed by atoms with Crippen molar-refractivity contribution < 1.29 is 18.7 Å². The summed E-state index contributed by atoms with van der Waals surface area (Å²) >= 11 is 1.59. The molecule has 6 heteroatoms. The van der Waals surface area contributed by atoms with E-state index in [0.717, 1.165) is 49.6 Å². The Hall–Kier alpha value is -3.64. The number of anilines is 1. The Morgan fingerprint density at radius 3 is 2.71 bits per heavy atom. The molecule has 1 N–H and O–H groups in total. The molecule has 0 saturated heterocycles. The highest BCUT2D eigenvalue weighted by Gasteiger charge is 2.16. The van der Waals surface area contributed by atoms with Gasteiger partial charge in [-0.15, -0.1) is 11.8 Å². The predicted molar refractivity (Wildman–Crippen MR) is 140 cm³/mol. The summed E-state index contributed by atoms with van der Waals surface area (Å²) in [5, 5.41) is 3.92. The lowest BCUT2D eigenvalue weighted by Crippen LogP contribution is -2.09. The fourth-order valence-corrected chi connectivity index (χ4v) is 4.40. The molecule has 0 aliphatic heterocycles. The smallest absolute Gasteiger partial charge is 0.248 e. The second-order valence-electron chi connectivity index (χ2n) is 7.68. The number of ether oxygens (including phenoxy) is 2. The van der Waals surface area contributed by atoms with Crippen molar-refractivity contribution in [1.82, 2.24) is 0 Å². The molecule has 0 aliphatic rings. The van der Waals surface area contributed by atoms with Crippen LogP contribution in [0.5, 0.6) is 11.5 Å². The van der Waals surface area contributed by atoms with Gasteiger partial charge in [-0.3, -0.25) is 4.79 Å². The number of hydrogen-bond donors (Lipinski definition) is 1. The van der Waals surface area contributed by atoms with Crippen molar-refractivity contribution in [2.24, 2.45) is 0 Å². The van der Waals surface area contributed by atoms with E-state index in [4.69, 9.17) is 13.9 Å². The maximum Gasteiger partial charge on any atom is 0.248 e.